The molecule has 3 nitrogen and oxygen atoms in total. The lowest BCUT2D eigenvalue weighted by Crippen LogP contribution is -2.21. The average molecular weight is 184 g/mol. The predicted octanol–water partition coefficient (Wildman–Crippen LogP) is 3.01. The van der Waals surface area contributed by atoms with Crippen LogP contribution in [0.25, 0.3) is 0 Å². The van der Waals surface area contributed by atoms with Crippen molar-refractivity contribution in [1.82, 2.24) is 0 Å². The second kappa shape index (κ2) is 4.90. The molecule has 0 atom stereocenters. The van der Waals surface area contributed by atoms with E-state index in [9.17, 15) is 4.79 Å². The Labute approximate surface area is 78.7 Å². The van der Waals surface area contributed by atoms with Crippen molar-refractivity contribution in [3.8, 4) is 0 Å². The van der Waals surface area contributed by atoms with Gasteiger partial charge in [0.25, 0.3) is 0 Å². The number of carbonyl (C=O) groups excluding carboxylic acids is 1. The summed E-state index contributed by atoms with van der Waals surface area (Å²) in [5.41, 5.74) is 0. The third-order valence-electron chi connectivity index (χ3n) is 2.07. The maximum atomic E-state index is 11.0. The molecule has 0 aromatic heterocycles. The Morgan fingerprint density at radius 1 is 1.31 bits per heavy atom. The molecule has 0 aromatic rings. The molecule has 74 valence electrons. The third kappa shape index (κ3) is 3.97. The van der Waals surface area contributed by atoms with Crippen molar-refractivity contribution >= 4 is 6.16 Å². The summed E-state index contributed by atoms with van der Waals surface area (Å²) < 4.78 is 9.78. The van der Waals surface area contributed by atoms with Crippen LogP contribution in [-0.2, 0) is 9.47 Å². The minimum atomic E-state index is -0.612. The van der Waals surface area contributed by atoms with Crippen LogP contribution in [0, 0.1) is 0 Å². The largest absolute Gasteiger partial charge is 0.513 e. The molecule has 1 aliphatic carbocycles. The van der Waals surface area contributed by atoms with E-state index in [1.165, 1.54) is 6.42 Å². The molecule has 3 heteroatoms. The Hall–Kier alpha value is -0.990. The summed E-state index contributed by atoms with van der Waals surface area (Å²) in [7, 11) is 0. The number of hydrogen-bond acceptors (Lipinski definition) is 3. The van der Waals surface area contributed by atoms with Gasteiger partial charge in [0.15, 0.2) is 0 Å². The van der Waals surface area contributed by atoms with Crippen LogP contribution < -0.4 is 0 Å². The monoisotopic (exact) mass is 184 g/mol. The van der Waals surface area contributed by atoms with Crippen molar-refractivity contribution in [3.05, 3.63) is 12.3 Å². The van der Waals surface area contributed by atoms with Gasteiger partial charge in [-0.05, 0) is 32.6 Å². The predicted molar refractivity (Wildman–Crippen MR) is 49.3 cm³/mol. The van der Waals surface area contributed by atoms with E-state index in [-0.39, 0.29) is 6.10 Å². The van der Waals surface area contributed by atoms with Gasteiger partial charge in [0, 0.05) is 0 Å². The van der Waals surface area contributed by atoms with Crippen LogP contribution in [0.2, 0.25) is 0 Å². The highest BCUT2D eigenvalue weighted by molar-refractivity contribution is 5.61. The van der Waals surface area contributed by atoms with E-state index in [0.29, 0.717) is 5.76 Å². The fraction of sp³-hybridized carbons (Fsp3) is 0.700. The Morgan fingerprint density at radius 3 is 2.46 bits per heavy atom. The Kier molecular flexibility index (Phi) is 3.80. The van der Waals surface area contributed by atoms with Gasteiger partial charge in [-0.3, -0.25) is 0 Å². The van der Waals surface area contributed by atoms with Crippen LogP contribution >= 0.6 is 0 Å². The minimum Gasteiger partial charge on any atom is -0.431 e. The van der Waals surface area contributed by atoms with Gasteiger partial charge in [-0.1, -0.05) is 13.0 Å². The van der Waals surface area contributed by atoms with E-state index >= 15 is 0 Å². The molecule has 0 unspecified atom stereocenters. The first-order chi connectivity index (χ1) is 6.18. The molecule has 0 radical (unpaired) electrons. The summed E-state index contributed by atoms with van der Waals surface area (Å²) in [6, 6.07) is 0. The molecule has 0 bridgehead atoms. The highest BCUT2D eigenvalue weighted by Gasteiger charge is 2.18. The summed E-state index contributed by atoms with van der Waals surface area (Å²) in [6.45, 7) is 5.09. The average Bonchev–Trinajstić information content (AvgIpc) is 2.04. The number of ether oxygens (including phenoxy) is 2. The molecule has 0 amide bonds. The quantitative estimate of drug-likeness (QED) is 0.489. The second-order valence-electron chi connectivity index (χ2n) is 3.43. The van der Waals surface area contributed by atoms with Crippen molar-refractivity contribution in [3.63, 3.8) is 0 Å². The van der Waals surface area contributed by atoms with E-state index in [1.54, 1.807) is 6.92 Å². The Bertz CT molecular complexity index is 192. The van der Waals surface area contributed by atoms with Crippen molar-refractivity contribution in [2.24, 2.45) is 0 Å². The van der Waals surface area contributed by atoms with Gasteiger partial charge in [-0.15, -0.1) is 0 Å². The summed E-state index contributed by atoms with van der Waals surface area (Å²) in [5, 5.41) is 0. The lowest BCUT2D eigenvalue weighted by atomic mass is 9.98. The molecule has 13 heavy (non-hydrogen) atoms. The fourth-order valence-electron chi connectivity index (χ4n) is 1.49. The summed E-state index contributed by atoms with van der Waals surface area (Å²) in [4.78, 5) is 11.0. The molecule has 1 fully saturated rings. The number of hydrogen-bond donors (Lipinski definition) is 0. The van der Waals surface area contributed by atoms with Gasteiger partial charge in [0.1, 0.15) is 11.9 Å². The van der Waals surface area contributed by atoms with Crippen LogP contribution in [-0.4, -0.2) is 12.3 Å². The van der Waals surface area contributed by atoms with Gasteiger partial charge >= 0.3 is 6.16 Å². The van der Waals surface area contributed by atoms with Gasteiger partial charge in [-0.25, -0.2) is 4.79 Å². The Balaban J connectivity index is 2.22. The fourth-order valence-corrected chi connectivity index (χ4v) is 1.49. The molecule has 0 N–H and O–H groups in total. The van der Waals surface area contributed by atoms with Gasteiger partial charge in [-0.2, -0.15) is 0 Å². The molecule has 0 saturated heterocycles. The summed E-state index contributed by atoms with van der Waals surface area (Å²) >= 11 is 0. The van der Waals surface area contributed by atoms with Crippen LogP contribution in [0.5, 0.6) is 0 Å². The third-order valence-corrected chi connectivity index (χ3v) is 2.07. The van der Waals surface area contributed by atoms with Gasteiger partial charge in [0.05, 0.1) is 0 Å². The highest BCUT2D eigenvalue weighted by atomic mass is 16.7. The van der Waals surface area contributed by atoms with E-state index < -0.39 is 6.16 Å². The van der Waals surface area contributed by atoms with Crippen molar-refractivity contribution in [1.29, 1.82) is 0 Å². The SMILES string of the molecule is C=C(C)OC(=O)OC1CCCCC1. The lowest BCUT2D eigenvalue weighted by molar-refractivity contribution is 0.0267. The zero-order valence-electron chi connectivity index (χ0n) is 8.04. The standard InChI is InChI=1S/C10H16O3/c1-8(2)12-10(11)13-9-6-4-3-5-7-9/h9H,1,3-7H2,2H3. The zero-order chi connectivity index (χ0) is 9.68. The van der Waals surface area contributed by atoms with E-state index in [4.69, 9.17) is 9.47 Å². The second-order valence-corrected chi connectivity index (χ2v) is 3.43. The van der Waals surface area contributed by atoms with Crippen molar-refractivity contribution in [2.45, 2.75) is 45.1 Å². The lowest BCUT2D eigenvalue weighted by Gasteiger charge is -2.21. The molecule has 0 aromatic carbocycles. The maximum absolute atomic E-state index is 11.0. The summed E-state index contributed by atoms with van der Waals surface area (Å²) in [6.07, 6.45) is 4.90. The zero-order valence-corrected chi connectivity index (χ0v) is 8.04. The molecule has 1 saturated carbocycles. The number of allylic oxidation sites excluding steroid dienone is 1. The number of carbonyl (C=O) groups is 1. The molecule has 0 spiro atoms. The molecule has 1 aliphatic rings. The highest BCUT2D eigenvalue weighted by Crippen LogP contribution is 2.20. The Morgan fingerprint density at radius 2 is 1.92 bits per heavy atom. The van der Waals surface area contributed by atoms with Gasteiger partial charge < -0.3 is 9.47 Å². The van der Waals surface area contributed by atoms with E-state index in [0.717, 1.165) is 25.7 Å². The maximum Gasteiger partial charge on any atom is 0.513 e. The van der Waals surface area contributed by atoms with E-state index in [2.05, 4.69) is 6.58 Å². The molecular weight excluding hydrogens is 168 g/mol. The van der Waals surface area contributed by atoms with Crippen molar-refractivity contribution < 1.29 is 14.3 Å². The summed E-state index contributed by atoms with van der Waals surface area (Å²) in [5.74, 6) is 0.376. The molecule has 1 rings (SSSR count). The normalized spacial score (nSPS) is 17.9. The van der Waals surface area contributed by atoms with Gasteiger partial charge in [0.2, 0.25) is 0 Å². The van der Waals surface area contributed by atoms with Crippen molar-refractivity contribution in [2.75, 3.05) is 0 Å². The smallest absolute Gasteiger partial charge is 0.431 e. The minimum absolute atomic E-state index is 0.0561. The first kappa shape index (κ1) is 10.1. The van der Waals surface area contributed by atoms with E-state index in [1.807, 2.05) is 0 Å². The molecular formula is C10H16O3. The van der Waals surface area contributed by atoms with Crippen LogP contribution in [0.4, 0.5) is 4.79 Å². The number of rotatable bonds is 2. The van der Waals surface area contributed by atoms with Crippen LogP contribution in [0.1, 0.15) is 39.0 Å². The van der Waals surface area contributed by atoms with Crippen LogP contribution in [0.3, 0.4) is 0 Å². The molecule has 0 heterocycles. The topological polar surface area (TPSA) is 35.5 Å². The first-order valence-corrected chi connectivity index (χ1v) is 4.72. The van der Waals surface area contributed by atoms with Crippen LogP contribution in [0.15, 0.2) is 12.3 Å². The molecule has 0 aliphatic heterocycles. The first-order valence-electron chi connectivity index (χ1n) is 4.72.